The molecule has 106 valence electrons. The molecule has 1 amide bonds. The minimum absolute atomic E-state index is 0.105. The molecule has 0 fully saturated rings. The van der Waals surface area contributed by atoms with Gasteiger partial charge in [-0.3, -0.25) is 9.59 Å². The summed E-state index contributed by atoms with van der Waals surface area (Å²) in [6, 6.07) is 9.49. The van der Waals surface area contributed by atoms with E-state index in [9.17, 15) is 9.59 Å². The summed E-state index contributed by atoms with van der Waals surface area (Å²) < 4.78 is 4.78. The van der Waals surface area contributed by atoms with E-state index in [1.165, 1.54) is 7.11 Å². The van der Waals surface area contributed by atoms with Gasteiger partial charge in [0.1, 0.15) is 0 Å². The van der Waals surface area contributed by atoms with Crippen molar-refractivity contribution < 1.29 is 14.3 Å². The number of hydrogen-bond donors (Lipinski definition) is 0. The van der Waals surface area contributed by atoms with Gasteiger partial charge in [0.25, 0.3) is 5.91 Å². The van der Waals surface area contributed by atoms with Crippen LogP contribution < -0.4 is 4.90 Å². The highest BCUT2D eigenvalue weighted by Gasteiger charge is 2.33. The third kappa shape index (κ3) is 2.74. The predicted octanol–water partition coefficient (Wildman–Crippen LogP) is 2.55. The van der Waals surface area contributed by atoms with Crippen LogP contribution in [0.25, 0.3) is 0 Å². The van der Waals surface area contributed by atoms with Gasteiger partial charge >= 0.3 is 5.97 Å². The molecule has 1 aliphatic carbocycles. The first-order chi connectivity index (χ1) is 9.69. The molecule has 2 rings (SSSR count). The van der Waals surface area contributed by atoms with E-state index in [1.807, 2.05) is 43.3 Å². The minimum atomic E-state index is -0.426. The second kappa shape index (κ2) is 6.37. The first kappa shape index (κ1) is 14.3. The van der Waals surface area contributed by atoms with E-state index in [2.05, 4.69) is 0 Å². The molecule has 4 heteroatoms. The number of allylic oxidation sites excluding steroid dienone is 1. The fourth-order valence-corrected chi connectivity index (χ4v) is 2.53. The number of anilines is 1. The molecule has 0 unspecified atom stereocenters. The zero-order valence-electron chi connectivity index (χ0n) is 11.8. The van der Waals surface area contributed by atoms with Crippen molar-refractivity contribution in [3.8, 4) is 0 Å². The maximum Gasteiger partial charge on any atom is 0.313 e. The van der Waals surface area contributed by atoms with Crippen molar-refractivity contribution in [1.82, 2.24) is 0 Å². The number of ether oxygens (including phenoxy) is 1. The summed E-state index contributed by atoms with van der Waals surface area (Å²) in [6.07, 6.45) is 3.25. The van der Waals surface area contributed by atoms with E-state index >= 15 is 0 Å². The van der Waals surface area contributed by atoms with E-state index in [4.69, 9.17) is 4.74 Å². The highest BCUT2D eigenvalue weighted by Crippen LogP contribution is 2.29. The number of nitrogens with zero attached hydrogens (tertiary/aromatic N) is 1. The first-order valence-corrected chi connectivity index (χ1v) is 6.83. The fourth-order valence-electron chi connectivity index (χ4n) is 2.53. The Labute approximate surface area is 119 Å². The molecule has 0 heterocycles. The number of carbonyl (C=O) groups is 2. The smallest absolute Gasteiger partial charge is 0.313 e. The third-order valence-electron chi connectivity index (χ3n) is 3.56. The Morgan fingerprint density at radius 3 is 2.60 bits per heavy atom. The molecular formula is C16H19NO3. The fraction of sp³-hybridized carbons (Fsp3) is 0.375. The average molecular weight is 273 g/mol. The summed E-state index contributed by atoms with van der Waals surface area (Å²) in [5.41, 5.74) is 1.40. The predicted molar refractivity (Wildman–Crippen MR) is 77.3 cm³/mol. The number of methoxy groups -OCH3 is 1. The standard InChI is InChI=1S/C16H19NO3/c1-3-17(12-8-5-4-6-9-12)15(18)13-10-7-11-14(13)16(19)20-2/h4-6,8-10,14H,3,7,11H2,1-2H3/t14-/m1/s1. The Hall–Kier alpha value is -2.10. The molecule has 0 saturated heterocycles. The third-order valence-corrected chi connectivity index (χ3v) is 3.56. The highest BCUT2D eigenvalue weighted by molar-refractivity contribution is 6.09. The van der Waals surface area contributed by atoms with Crippen LogP contribution in [-0.2, 0) is 14.3 Å². The summed E-state index contributed by atoms with van der Waals surface area (Å²) in [5, 5.41) is 0. The second-order valence-corrected chi connectivity index (χ2v) is 4.70. The van der Waals surface area contributed by atoms with Gasteiger partial charge in [-0.15, -0.1) is 0 Å². The quantitative estimate of drug-likeness (QED) is 0.792. The van der Waals surface area contributed by atoms with Gasteiger partial charge in [-0.1, -0.05) is 24.3 Å². The Morgan fingerprint density at radius 1 is 1.30 bits per heavy atom. The molecule has 0 aliphatic heterocycles. The zero-order chi connectivity index (χ0) is 14.5. The number of likely N-dealkylation sites (N-methyl/N-ethyl adjacent to an activating group) is 1. The number of para-hydroxylation sites is 1. The molecule has 0 radical (unpaired) electrons. The molecular weight excluding hydrogens is 254 g/mol. The number of amides is 1. The van der Waals surface area contributed by atoms with Crippen molar-refractivity contribution in [1.29, 1.82) is 0 Å². The summed E-state index contributed by atoms with van der Waals surface area (Å²) in [6.45, 7) is 2.49. The molecule has 0 saturated carbocycles. The summed E-state index contributed by atoms with van der Waals surface area (Å²) >= 11 is 0. The lowest BCUT2D eigenvalue weighted by Crippen LogP contribution is -2.35. The molecule has 0 spiro atoms. The molecule has 0 N–H and O–H groups in total. The topological polar surface area (TPSA) is 46.6 Å². The number of benzene rings is 1. The van der Waals surface area contributed by atoms with Crippen LogP contribution in [0.2, 0.25) is 0 Å². The van der Waals surface area contributed by atoms with Crippen LogP contribution in [-0.4, -0.2) is 25.5 Å². The van der Waals surface area contributed by atoms with Crippen molar-refractivity contribution >= 4 is 17.6 Å². The molecule has 1 aromatic rings. The van der Waals surface area contributed by atoms with Gasteiger partial charge < -0.3 is 9.64 Å². The lowest BCUT2D eigenvalue weighted by Gasteiger charge is -2.23. The van der Waals surface area contributed by atoms with Crippen molar-refractivity contribution in [3.05, 3.63) is 42.0 Å². The molecule has 20 heavy (non-hydrogen) atoms. The summed E-state index contributed by atoms with van der Waals surface area (Å²) in [4.78, 5) is 26.1. The van der Waals surface area contributed by atoms with Gasteiger partial charge in [-0.25, -0.2) is 0 Å². The number of hydrogen-bond acceptors (Lipinski definition) is 3. The minimum Gasteiger partial charge on any atom is -0.469 e. The maximum absolute atomic E-state index is 12.7. The van der Waals surface area contributed by atoms with Gasteiger partial charge in [0.05, 0.1) is 13.0 Å². The van der Waals surface area contributed by atoms with Gasteiger partial charge in [-0.2, -0.15) is 0 Å². The van der Waals surface area contributed by atoms with E-state index in [1.54, 1.807) is 4.90 Å². The molecule has 4 nitrogen and oxygen atoms in total. The molecule has 0 bridgehead atoms. The normalized spacial score (nSPS) is 17.5. The van der Waals surface area contributed by atoms with Gasteiger partial charge in [-0.05, 0) is 31.9 Å². The largest absolute Gasteiger partial charge is 0.469 e. The van der Waals surface area contributed by atoms with Crippen LogP contribution >= 0.6 is 0 Å². The average Bonchev–Trinajstić information content (AvgIpc) is 2.97. The van der Waals surface area contributed by atoms with Crippen LogP contribution in [0.1, 0.15) is 19.8 Å². The maximum atomic E-state index is 12.7. The monoisotopic (exact) mass is 273 g/mol. The van der Waals surface area contributed by atoms with Crippen molar-refractivity contribution in [2.75, 3.05) is 18.6 Å². The van der Waals surface area contributed by atoms with Crippen LogP contribution in [0.3, 0.4) is 0 Å². The van der Waals surface area contributed by atoms with Gasteiger partial charge in [0.15, 0.2) is 0 Å². The number of rotatable bonds is 4. The first-order valence-electron chi connectivity index (χ1n) is 6.83. The van der Waals surface area contributed by atoms with E-state index in [0.717, 1.165) is 12.1 Å². The van der Waals surface area contributed by atoms with Crippen LogP contribution in [0.5, 0.6) is 0 Å². The Bertz CT molecular complexity index is 522. The Morgan fingerprint density at radius 2 is 2.00 bits per heavy atom. The lowest BCUT2D eigenvalue weighted by atomic mass is 10.0. The zero-order valence-corrected chi connectivity index (χ0v) is 11.8. The Balaban J connectivity index is 2.23. The second-order valence-electron chi connectivity index (χ2n) is 4.70. The SMILES string of the molecule is CCN(C(=O)C1=CCC[C@H]1C(=O)OC)c1ccccc1. The molecule has 1 aromatic carbocycles. The number of carbonyl (C=O) groups excluding carboxylic acids is 2. The van der Waals surface area contributed by atoms with E-state index in [0.29, 0.717) is 18.5 Å². The molecule has 1 atom stereocenters. The number of esters is 1. The van der Waals surface area contributed by atoms with E-state index in [-0.39, 0.29) is 11.9 Å². The molecule has 0 aromatic heterocycles. The van der Waals surface area contributed by atoms with Crippen molar-refractivity contribution in [2.45, 2.75) is 19.8 Å². The van der Waals surface area contributed by atoms with E-state index < -0.39 is 5.92 Å². The van der Waals surface area contributed by atoms with Crippen LogP contribution in [0, 0.1) is 5.92 Å². The van der Waals surface area contributed by atoms with Crippen LogP contribution in [0.4, 0.5) is 5.69 Å². The van der Waals surface area contributed by atoms with Crippen molar-refractivity contribution in [3.63, 3.8) is 0 Å². The van der Waals surface area contributed by atoms with Crippen molar-refractivity contribution in [2.24, 2.45) is 5.92 Å². The molecule has 1 aliphatic rings. The Kier molecular flexibility index (Phi) is 4.56. The lowest BCUT2D eigenvalue weighted by molar-refractivity contribution is -0.144. The van der Waals surface area contributed by atoms with Gasteiger partial charge in [0, 0.05) is 17.8 Å². The van der Waals surface area contributed by atoms with Gasteiger partial charge in [0.2, 0.25) is 0 Å². The van der Waals surface area contributed by atoms with Crippen LogP contribution in [0.15, 0.2) is 42.0 Å². The highest BCUT2D eigenvalue weighted by atomic mass is 16.5. The summed E-state index contributed by atoms with van der Waals surface area (Å²) in [5.74, 6) is -0.858. The summed E-state index contributed by atoms with van der Waals surface area (Å²) in [7, 11) is 1.36.